The van der Waals surface area contributed by atoms with Gasteiger partial charge in [0.1, 0.15) is 6.61 Å². The minimum Gasteiger partial charge on any atom is -0.447 e. The van der Waals surface area contributed by atoms with Crippen LogP contribution in [0.2, 0.25) is 0 Å². The van der Waals surface area contributed by atoms with Gasteiger partial charge in [0.15, 0.2) is 0 Å². The summed E-state index contributed by atoms with van der Waals surface area (Å²) in [5.41, 5.74) is 7.18. The summed E-state index contributed by atoms with van der Waals surface area (Å²) in [6.45, 7) is 0.246. The predicted octanol–water partition coefficient (Wildman–Crippen LogP) is 2.48. The molecular weight excluding hydrogens is 292 g/mol. The first-order valence-corrected chi connectivity index (χ1v) is 8.44. The lowest BCUT2D eigenvalue weighted by atomic mass is 9.97. The van der Waals surface area contributed by atoms with E-state index >= 15 is 0 Å². The molecule has 23 heavy (non-hydrogen) atoms. The molecule has 1 heterocycles. The van der Waals surface area contributed by atoms with E-state index in [2.05, 4.69) is 0 Å². The Bertz CT molecular complexity index is 555. The summed E-state index contributed by atoms with van der Waals surface area (Å²) in [4.78, 5) is 25.9. The van der Waals surface area contributed by atoms with E-state index in [1.54, 1.807) is 0 Å². The van der Waals surface area contributed by atoms with Crippen LogP contribution in [0.1, 0.15) is 37.7 Å². The average Bonchev–Trinajstić information content (AvgIpc) is 3.18. The number of cyclic esters (lactones) is 1. The maximum Gasteiger partial charge on any atom is 0.417 e. The molecule has 0 spiro atoms. The molecule has 1 aliphatic carbocycles. The molecule has 1 aromatic carbocycles. The lowest BCUT2D eigenvalue weighted by Gasteiger charge is -2.24. The van der Waals surface area contributed by atoms with Crippen LogP contribution in [0, 0.1) is 5.92 Å². The SMILES string of the molecule is N[C@@H](CC1CCCC1)C(=O)N1C(=O)OC[C@@H]1Cc1ccccc1. The Labute approximate surface area is 136 Å². The third-order valence-electron chi connectivity index (χ3n) is 4.89. The van der Waals surface area contributed by atoms with E-state index in [-0.39, 0.29) is 18.6 Å². The maximum atomic E-state index is 12.6. The van der Waals surface area contributed by atoms with Crippen LogP contribution in [-0.2, 0) is 16.0 Å². The Hall–Kier alpha value is -1.88. The fourth-order valence-corrected chi connectivity index (χ4v) is 3.65. The Morgan fingerprint density at radius 2 is 1.96 bits per heavy atom. The van der Waals surface area contributed by atoms with E-state index in [1.165, 1.54) is 17.7 Å². The molecule has 2 fully saturated rings. The second-order valence-corrected chi connectivity index (χ2v) is 6.62. The number of carbonyl (C=O) groups excluding carboxylic acids is 2. The van der Waals surface area contributed by atoms with Crippen LogP contribution in [0.3, 0.4) is 0 Å². The molecule has 5 nitrogen and oxygen atoms in total. The molecule has 2 aliphatic rings. The summed E-state index contributed by atoms with van der Waals surface area (Å²) in [5, 5.41) is 0. The number of hydrogen-bond donors (Lipinski definition) is 1. The first-order valence-electron chi connectivity index (χ1n) is 8.44. The minimum atomic E-state index is -0.609. The highest BCUT2D eigenvalue weighted by Crippen LogP contribution is 2.29. The number of imide groups is 1. The summed E-state index contributed by atoms with van der Waals surface area (Å²) in [6.07, 6.45) is 5.42. The van der Waals surface area contributed by atoms with Crippen LogP contribution >= 0.6 is 0 Å². The van der Waals surface area contributed by atoms with Gasteiger partial charge in [0.05, 0.1) is 12.1 Å². The van der Waals surface area contributed by atoms with Crippen LogP contribution in [0.15, 0.2) is 30.3 Å². The Morgan fingerprint density at radius 3 is 2.65 bits per heavy atom. The maximum absolute atomic E-state index is 12.6. The smallest absolute Gasteiger partial charge is 0.417 e. The first-order chi connectivity index (χ1) is 11.1. The third kappa shape index (κ3) is 3.72. The van der Waals surface area contributed by atoms with Crippen LogP contribution in [0.5, 0.6) is 0 Å². The monoisotopic (exact) mass is 316 g/mol. The van der Waals surface area contributed by atoms with Gasteiger partial charge in [-0.1, -0.05) is 56.0 Å². The predicted molar refractivity (Wildman–Crippen MR) is 86.7 cm³/mol. The number of ether oxygens (including phenoxy) is 1. The van der Waals surface area contributed by atoms with Gasteiger partial charge in [-0.2, -0.15) is 0 Å². The molecule has 1 saturated carbocycles. The zero-order chi connectivity index (χ0) is 16.2. The highest BCUT2D eigenvalue weighted by molar-refractivity contribution is 5.96. The number of nitrogens with zero attached hydrogens (tertiary/aromatic N) is 1. The zero-order valence-corrected chi connectivity index (χ0v) is 13.3. The Morgan fingerprint density at radius 1 is 1.26 bits per heavy atom. The lowest BCUT2D eigenvalue weighted by molar-refractivity contribution is -0.130. The first kappa shape index (κ1) is 16.0. The van der Waals surface area contributed by atoms with Gasteiger partial charge < -0.3 is 10.5 Å². The number of nitrogens with two attached hydrogens (primary N) is 1. The van der Waals surface area contributed by atoms with Crippen molar-refractivity contribution in [2.24, 2.45) is 11.7 Å². The summed E-state index contributed by atoms with van der Waals surface area (Å²) in [6, 6.07) is 8.96. The van der Waals surface area contributed by atoms with Crippen molar-refractivity contribution in [3.05, 3.63) is 35.9 Å². The van der Waals surface area contributed by atoms with Crippen molar-refractivity contribution in [1.29, 1.82) is 0 Å². The highest BCUT2D eigenvalue weighted by Gasteiger charge is 2.40. The molecule has 1 aliphatic heterocycles. The van der Waals surface area contributed by atoms with Gasteiger partial charge >= 0.3 is 6.09 Å². The van der Waals surface area contributed by atoms with Gasteiger partial charge in [-0.05, 0) is 24.3 Å². The molecule has 1 aromatic rings. The Kier molecular flexibility index (Phi) is 4.96. The third-order valence-corrected chi connectivity index (χ3v) is 4.89. The van der Waals surface area contributed by atoms with Crippen LogP contribution in [-0.4, -0.2) is 35.6 Å². The van der Waals surface area contributed by atoms with E-state index < -0.39 is 12.1 Å². The van der Waals surface area contributed by atoms with Gasteiger partial charge in [0.2, 0.25) is 5.91 Å². The second-order valence-electron chi connectivity index (χ2n) is 6.62. The molecule has 0 bridgehead atoms. The van der Waals surface area contributed by atoms with Crippen molar-refractivity contribution in [2.75, 3.05) is 6.61 Å². The van der Waals surface area contributed by atoms with Gasteiger partial charge in [-0.25, -0.2) is 9.69 Å². The Balaban J connectivity index is 1.65. The fourth-order valence-electron chi connectivity index (χ4n) is 3.65. The van der Waals surface area contributed by atoms with E-state index in [4.69, 9.17) is 10.5 Å². The number of rotatable bonds is 5. The largest absolute Gasteiger partial charge is 0.447 e. The molecule has 2 atom stereocenters. The molecular formula is C18H24N2O3. The van der Waals surface area contributed by atoms with Gasteiger partial charge in [-0.3, -0.25) is 4.79 Å². The minimum absolute atomic E-state index is 0.246. The van der Waals surface area contributed by atoms with Crippen molar-refractivity contribution in [3.63, 3.8) is 0 Å². The number of benzene rings is 1. The second kappa shape index (κ2) is 7.13. The molecule has 0 unspecified atom stereocenters. The van der Waals surface area contributed by atoms with E-state index in [0.717, 1.165) is 18.4 Å². The van der Waals surface area contributed by atoms with Gasteiger partial charge in [0.25, 0.3) is 0 Å². The van der Waals surface area contributed by atoms with E-state index in [0.29, 0.717) is 18.8 Å². The average molecular weight is 316 g/mol. The van der Waals surface area contributed by atoms with Crippen molar-refractivity contribution in [2.45, 2.75) is 50.6 Å². The lowest BCUT2D eigenvalue weighted by Crippen LogP contribution is -2.49. The molecule has 0 aromatic heterocycles. The number of amides is 2. The summed E-state index contributed by atoms with van der Waals surface area (Å²) in [7, 11) is 0. The molecule has 5 heteroatoms. The molecule has 3 rings (SSSR count). The van der Waals surface area contributed by atoms with Crippen LogP contribution < -0.4 is 5.73 Å². The number of carbonyl (C=O) groups is 2. The van der Waals surface area contributed by atoms with Crippen molar-refractivity contribution < 1.29 is 14.3 Å². The topological polar surface area (TPSA) is 72.6 Å². The fraction of sp³-hybridized carbons (Fsp3) is 0.556. The molecule has 2 N–H and O–H groups in total. The molecule has 124 valence electrons. The summed E-state index contributed by atoms with van der Waals surface area (Å²) in [5.74, 6) is 0.223. The standard InChI is InChI=1S/C18H24N2O3/c19-16(11-14-8-4-5-9-14)17(21)20-15(12-23-18(20)22)10-13-6-2-1-3-7-13/h1-3,6-7,14-16H,4-5,8-12,19H2/t15-,16-/m0/s1. The van der Waals surface area contributed by atoms with Crippen LogP contribution in [0.4, 0.5) is 4.79 Å². The highest BCUT2D eigenvalue weighted by atomic mass is 16.6. The van der Waals surface area contributed by atoms with E-state index in [1.807, 2.05) is 30.3 Å². The summed E-state index contributed by atoms with van der Waals surface area (Å²) < 4.78 is 5.10. The molecule has 2 amide bonds. The van der Waals surface area contributed by atoms with Gasteiger partial charge in [-0.15, -0.1) is 0 Å². The van der Waals surface area contributed by atoms with Crippen molar-refractivity contribution in [3.8, 4) is 0 Å². The van der Waals surface area contributed by atoms with Crippen molar-refractivity contribution >= 4 is 12.0 Å². The summed E-state index contributed by atoms with van der Waals surface area (Å²) >= 11 is 0. The van der Waals surface area contributed by atoms with Crippen molar-refractivity contribution in [1.82, 2.24) is 4.90 Å². The van der Waals surface area contributed by atoms with Gasteiger partial charge in [0, 0.05) is 0 Å². The quantitative estimate of drug-likeness (QED) is 0.906. The zero-order valence-electron chi connectivity index (χ0n) is 13.3. The van der Waals surface area contributed by atoms with E-state index in [9.17, 15) is 9.59 Å². The molecule has 1 saturated heterocycles. The number of hydrogen-bond acceptors (Lipinski definition) is 4. The molecule has 0 radical (unpaired) electrons. The van der Waals surface area contributed by atoms with Crippen LogP contribution in [0.25, 0.3) is 0 Å². The normalized spacial score (nSPS) is 23.1.